The SMILES string of the molecule is Cc1noc(CNc2ncncc2Cl)n1. The molecule has 0 aliphatic heterocycles. The zero-order chi connectivity index (χ0) is 10.7. The summed E-state index contributed by atoms with van der Waals surface area (Å²) in [5, 5.41) is 7.08. The zero-order valence-electron chi connectivity index (χ0n) is 7.94. The Hall–Kier alpha value is -1.69. The van der Waals surface area contributed by atoms with E-state index < -0.39 is 0 Å². The number of hydrogen-bond acceptors (Lipinski definition) is 6. The van der Waals surface area contributed by atoms with Gasteiger partial charge < -0.3 is 9.84 Å². The summed E-state index contributed by atoms with van der Waals surface area (Å²) in [4.78, 5) is 11.8. The van der Waals surface area contributed by atoms with E-state index in [1.54, 1.807) is 6.92 Å². The van der Waals surface area contributed by atoms with Gasteiger partial charge in [-0.15, -0.1) is 0 Å². The highest BCUT2D eigenvalue weighted by Crippen LogP contribution is 2.16. The quantitative estimate of drug-likeness (QED) is 0.852. The lowest BCUT2D eigenvalue weighted by molar-refractivity contribution is 0.379. The van der Waals surface area contributed by atoms with E-state index in [1.807, 2.05) is 0 Å². The average molecular weight is 226 g/mol. The molecule has 0 bridgehead atoms. The molecular formula is C8H8ClN5O. The molecule has 0 amide bonds. The van der Waals surface area contributed by atoms with Gasteiger partial charge in [0.05, 0.1) is 12.7 Å². The van der Waals surface area contributed by atoms with Crippen molar-refractivity contribution in [3.8, 4) is 0 Å². The van der Waals surface area contributed by atoms with Crippen molar-refractivity contribution >= 4 is 17.4 Å². The monoisotopic (exact) mass is 225 g/mol. The van der Waals surface area contributed by atoms with Crippen LogP contribution in [0.4, 0.5) is 5.82 Å². The minimum Gasteiger partial charge on any atom is -0.360 e. The number of anilines is 1. The number of halogens is 1. The Balaban J connectivity index is 2.02. The molecule has 2 rings (SSSR count). The minimum absolute atomic E-state index is 0.386. The van der Waals surface area contributed by atoms with Crippen molar-refractivity contribution in [2.45, 2.75) is 13.5 Å². The third-order valence-electron chi connectivity index (χ3n) is 1.64. The van der Waals surface area contributed by atoms with Crippen LogP contribution in [0.25, 0.3) is 0 Å². The second kappa shape index (κ2) is 4.22. The van der Waals surface area contributed by atoms with Crippen molar-refractivity contribution in [3.63, 3.8) is 0 Å². The Bertz CT molecular complexity index is 458. The van der Waals surface area contributed by atoms with Gasteiger partial charge in [-0.2, -0.15) is 4.98 Å². The van der Waals surface area contributed by atoms with E-state index in [0.29, 0.717) is 29.1 Å². The van der Waals surface area contributed by atoms with Crippen LogP contribution >= 0.6 is 11.6 Å². The van der Waals surface area contributed by atoms with Crippen molar-refractivity contribution in [1.29, 1.82) is 0 Å². The normalized spacial score (nSPS) is 10.3. The van der Waals surface area contributed by atoms with Gasteiger partial charge in [0.25, 0.3) is 0 Å². The van der Waals surface area contributed by atoms with Crippen LogP contribution in [0.3, 0.4) is 0 Å². The predicted molar refractivity (Wildman–Crippen MR) is 53.4 cm³/mol. The maximum atomic E-state index is 5.84. The molecule has 2 aromatic heterocycles. The van der Waals surface area contributed by atoms with Crippen LogP contribution in [-0.4, -0.2) is 20.1 Å². The molecule has 0 fully saturated rings. The molecule has 0 spiro atoms. The van der Waals surface area contributed by atoms with Crippen LogP contribution in [0.15, 0.2) is 17.0 Å². The van der Waals surface area contributed by atoms with Gasteiger partial charge in [-0.1, -0.05) is 16.8 Å². The summed E-state index contributed by atoms with van der Waals surface area (Å²) in [5.74, 6) is 1.63. The van der Waals surface area contributed by atoms with E-state index in [4.69, 9.17) is 16.1 Å². The van der Waals surface area contributed by atoms with E-state index in [9.17, 15) is 0 Å². The summed E-state index contributed by atoms with van der Waals surface area (Å²) in [5.41, 5.74) is 0. The van der Waals surface area contributed by atoms with E-state index in [1.165, 1.54) is 12.5 Å². The Labute approximate surface area is 90.7 Å². The first-order chi connectivity index (χ1) is 7.25. The highest BCUT2D eigenvalue weighted by molar-refractivity contribution is 6.32. The van der Waals surface area contributed by atoms with Crippen LogP contribution in [0.2, 0.25) is 5.02 Å². The molecule has 0 radical (unpaired) electrons. The average Bonchev–Trinajstić information content (AvgIpc) is 2.63. The van der Waals surface area contributed by atoms with Gasteiger partial charge in [-0.3, -0.25) is 0 Å². The highest BCUT2D eigenvalue weighted by atomic mass is 35.5. The van der Waals surface area contributed by atoms with Crippen molar-refractivity contribution in [1.82, 2.24) is 20.1 Å². The second-order valence-electron chi connectivity index (χ2n) is 2.81. The molecule has 2 heterocycles. The van der Waals surface area contributed by atoms with Gasteiger partial charge in [0.2, 0.25) is 5.89 Å². The van der Waals surface area contributed by atoms with Gasteiger partial charge in [-0.05, 0) is 6.92 Å². The molecule has 1 N–H and O–H groups in total. The minimum atomic E-state index is 0.386. The maximum Gasteiger partial charge on any atom is 0.245 e. The Morgan fingerprint density at radius 2 is 2.40 bits per heavy atom. The number of aromatic nitrogens is 4. The molecule has 0 aromatic carbocycles. The maximum absolute atomic E-state index is 5.84. The molecule has 15 heavy (non-hydrogen) atoms. The molecular weight excluding hydrogens is 218 g/mol. The fraction of sp³-hybridized carbons (Fsp3) is 0.250. The lowest BCUT2D eigenvalue weighted by Gasteiger charge is -2.02. The molecule has 0 aliphatic carbocycles. The van der Waals surface area contributed by atoms with Gasteiger partial charge in [-0.25, -0.2) is 9.97 Å². The van der Waals surface area contributed by atoms with Crippen molar-refractivity contribution in [3.05, 3.63) is 29.3 Å². The summed E-state index contributed by atoms with van der Waals surface area (Å²) >= 11 is 5.84. The standard InChI is InChI=1S/C8H8ClN5O/c1-5-13-7(15-14-5)3-11-8-6(9)2-10-4-12-8/h2,4H,3H2,1H3,(H,10,11,12). The molecule has 0 saturated carbocycles. The van der Waals surface area contributed by atoms with Crippen molar-refractivity contribution < 1.29 is 4.52 Å². The van der Waals surface area contributed by atoms with Crippen LogP contribution < -0.4 is 5.32 Å². The Morgan fingerprint density at radius 3 is 3.07 bits per heavy atom. The number of rotatable bonds is 3. The van der Waals surface area contributed by atoms with E-state index >= 15 is 0 Å². The van der Waals surface area contributed by atoms with Crippen LogP contribution in [0.1, 0.15) is 11.7 Å². The van der Waals surface area contributed by atoms with Crippen LogP contribution in [0.5, 0.6) is 0 Å². The van der Waals surface area contributed by atoms with Gasteiger partial charge in [0.1, 0.15) is 17.2 Å². The summed E-state index contributed by atoms with van der Waals surface area (Å²) in [6.07, 6.45) is 2.92. The largest absolute Gasteiger partial charge is 0.360 e. The molecule has 0 aliphatic rings. The van der Waals surface area contributed by atoms with Gasteiger partial charge >= 0.3 is 0 Å². The predicted octanol–water partition coefficient (Wildman–Crippen LogP) is 1.43. The molecule has 2 aromatic rings. The summed E-state index contributed by atoms with van der Waals surface area (Å²) < 4.78 is 4.92. The first-order valence-electron chi connectivity index (χ1n) is 4.24. The summed E-state index contributed by atoms with van der Waals surface area (Å²) in [6.45, 7) is 2.14. The third-order valence-corrected chi connectivity index (χ3v) is 1.92. The second-order valence-corrected chi connectivity index (χ2v) is 3.22. The zero-order valence-corrected chi connectivity index (χ0v) is 8.69. The van der Waals surface area contributed by atoms with Crippen molar-refractivity contribution in [2.75, 3.05) is 5.32 Å². The Kier molecular flexibility index (Phi) is 2.77. The number of nitrogens with one attached hydrogen (secondary N) is 1. The van der Waals surface area contributed by atoms with Crippen LogP contribution in [0, 0.1) is 6.92 Å². The first kappa shape index (κ1) is 9.85. The lowest BCUT2D eigenvalue weighted by Crippen LogP contribution is -2.02. The van der Waals surface area contributed by atoms with Crippen LogP contribution in [-0.2, 0) is 6.54 Å². The number of nitrogens with zero attached hydrogens (tertiary/aromatic N) is 4. The fourth-order valence-electron chi connectivity index (χ4n) is 1.01. The first-order valence-corrected chi connectivity index (χ1v) is 4.62. The summed E-state index contributed by atoms with van der Waals surface area (Å²) in [7, 11) is 0. The van der Waals surface area contributed by atoms with E-state index in [-0.39, 0.29) is 0 Å². The van der Waals surface area contributed by atoms with E-state index in [0.717, 1.165) is 0 Å². The molecule has 0 unspecified atom stereocenters. The third kappa shape index (κ3) is 2.41. The summed E-state index contributed by atoms with van der Waals surface area (Å²) in [6, 6.07) is 0. The molecule has 78 valence electrons. The number of aryl methyl sites for hydroxylation is 1. The smallest absolute Gasteiger partial charge is 0.245 e. The van der Waals surface area contributed by atoms with E-state index in [2.05, 4.69) is 25.4 Å². The molecule has 0 saturated heterocycles. The Morgan fingerprint density at radius 1 is 1.53 bits per heavy atom. The molecule has 0 atom stereocenters. The topological polar surface area (TPSA) is 76.7 Å². The van der Waals surface area contributed by atoms with Gasteiger partial charge in [0, 0.05) is 0 Å². The number of hydrogen-bond donors (Lipinski definition) is 1. The van der Waals surface area contributed by atoms with Gasteiger partial charge in [0.15, 0.2) is 5.82 Å². The fourth-order valence-corrected chi connectivity index (χ4v) is 1.19. The highest BCUT2D eigenvalue weighted by Gasteiger charge is 2.04. The molecule has 6 nitrogen and oxygen atoms in total. The molecule has 7 heteroatoms. The lowest BCUT2D eigenvalue weighted by atomic mass is 10.5. The van der Waals surface area contributed by atoms with Crippen molar-refractivity contribution in [2.24, 2.45) is 0 Å².